The summed E-state index contributed by atoms with van der Waals surface area (Å²) >= 11 is 5.17. The van der Waals surface area contributed by atoms with Gasteiger partial charge in [-0.05, 0) is 29.9 Å². The maximum Gasteiger partial charge on any atom is 0.341 e. The number of carbonyl (C=O) groups is 1. The summed E-state index contributed by atoms with van der Waals surface area (Å²) in [6.45, 7) is 1.79. The van der Waals surface area contributed by atoms with Gasteiger partial charge in [0.05, 0.1) is 12.8 Å². The number of nitrogens with one attached hydrogen (secondary N) is 1. The van der Waals surface area contributed by atoms with Crippen LogP contribution in [0.5, 0.6) is 0 Å². The van der Waals surface area contributed by atoms with Crippen LogP contribution in [-0.4, -0.2) is 23.0 Å². The number of rotatable bonds is 2. The number of hydrogen-bond acceptors (Lipinski definition) is 4. The molecule has 0 aliphatic rings. The zero-order valence-corrected chi connectivity index (χ0v) is 13.0. The van der Waals surface area contributed by atoms with Crippen molar-refractivity contribution in [2.45, 2.75) is 6.92 Å². The lowest BCUT2D eigenvalue weighted by Gasteiger charge is -2.12. The number of ether oxygens (including phenoxy) is 1. The summed E-state index contributed by atoms with van der Waals surface area (Å²) in [5.41, 5.74) is 2.47. The highest BCUT2D eigenvalue weighted by molar-refractivity contribution is 7.71. The Bertz CT molecular complexity index is 926. The molecule has 3 rings (SSSR count). The first-order valence-electron chi connectivity index (χ1n) is 6.79. The lowest BCUT2D eigenvalue weighted by atomic mass is 9.98. The summed E-state index contributed by atoms with van der Waals surface area (Å²) in [5, 5.41) is 2.09. The van der Waals surface area contributed by atoms with Gasteiger partial charge in [-0.2, -0.15) is 0 Å². The molecule has 0 aliphatic heterocycles. The van der Waals surface area contributed by atoms with Crippen molar-refractivity contribution in [3.63, 3.8) is 0 Å². The van der Waals surface area contributed by atoms with E-state index in [1.54, 1.807) is 6.92 Å². The minimum absolute atomic E-state index is 0.341. The fraction of sp³-hybridized carbons (Fsp3) is 0.118. The topological polar surface area (TPSA) is 55.0 Å². The molecule has 0 spiro atoms. The number of benzene rings is 2. The minimum Gasteiger partial charge on any atom is -0.465 e. The Kier molecular flexibility index (Phi) is 3.73. The van der Waals surface area contributed by atoms with E-state index in [1.165, 1.54) is 7.11 Å². The second-order valence-corrected chi connectivity index (χ2v) is 5.30. The third-order valence-electron chi connectivity index (χ3n) is 3.55. The van der Waals surface area contributed by atoms with Gasteiger partial charge in [0.25, 0.3) is 0 Å². The average Bonchev–Trinajstić information content (AvgIpc) is 2.53. The molecule has 1 aromatic heterocycles. The van der Waals surface area contributed by atoms with Crippen LogP contribution in [0.3, 0.4) is 0 Å². The van der Waals surface area contributed by atoms with Crippen LogP contribution < -0.4 is 0 Å². The summed E-state index contributed by atoms with van der Waals surface area (Å²) in [5.74, 6) is -0.431. The number of H-pyrrole nitrogens is 1. The smallest absolute Gasteiger partial charge is 0.341 e. The van der Waals surface area contributed by atoms with Crippen LogP contribution in [0.25, 0.3) is 22.0 Å². The Balaban J connectivity index is 2.40. The maximum atomic E-state index is 12.2. The Morgan fingerprint density at radius 2 is 1.91 bits per heavy atom. The van der Waals surface area contributed by atoms with Crippen LogP contribution in [0.4, 0.5) is 0 Å². The van der Waals surface area contributed by atoms with Gasteiger partial charge in [-0.25, -0.2) is 9.78 Å². The standard InChI is InChI=1S/C17H14N2O2S/c1-10-14(16(20)21-2)15(19-17(22)18-10)13-9-5-7-11-6-3-4-8-12(11)13/h3-9H,1-2H3,(H,18,19,22). The monoisotopic (exact) mass is 310 g/mol. The van der Waals surface area contributed by atoms with E-state index in [-0.39, 0.29) is 0 Å². The predicted octanol–water partition coefficient (Wildman–Crippen LogP) is 4.05. The quantitative estimate of drug-likeness (QED) is 0.573. The van der Waals surface area contributed by atoms with Gasteiger partial charge in [-0.15, -0.1) is 0 Å². The highest BCUT2D eigenvalue weighted by atomic mass is 32.1. The van der Waals surface area contributed by atoms with Crippen molar-refractivity contribution in [3.05, 3.63) is 58.5 Å². The first-order chi connectivity index (χ1) is 10.6. The van der Waals surface area contributed by atoms with Crippen molar-refractivity contribution in [2.24, 2.45) is 0 Å². The molecule has 0 atom stereocenters. The second kappa shape index (κ2) is 5.69. The average molecular weight is 310 g/mol. The van der Waals surface area contributed by atoms with Crippen LogP contribution in [0, 0.1) is 11.7 Å². The number of carbonyl (C=O) groups excluding carboxylic acids is 1. The lowest BCUT2D eigenvalue weighted by Crippen LogP contribution is -2.10. The van der Waals surface area contributed by atoms with E-state index in [0.717, 1.165) is 16.3 Å². The largest absolute Gasteiger partial charge is 0.465 e. The van der Waals surface area contributed by atoms with Crippen LogP contribution >= 0.6 is 12.2 Å². The second-order valence-electron chi connectivity index (χ2n) is 4.91. The number of aromatic amines is 1. The maximum absolute atomic E-state index is 12.2. The third kappa shape index (κ3) is 2.40. The fourth-order valence-corrected chi connectivity index (χ4v) is 2.81. The fourth-order valence-electron chi connectivity index (χ4n) is 2.56. The number of methoxy groups -OCH3 is 1. The highest BCUT2D eigenvalue weighted by Crippen LogP contribution is 2.30. The lowest BCUT2D eigenvalue weighted by molar-refractivity contribution is 0.0600. The first-order valence-corrected chi connectivity index (χ1v) is 7.20. The molecule has 22 heavy (non-hydrogen) atoms. The number of hydrogen-bond donors (Lipinski definition) is 1. The molecule has 4 nitrogen and oxygen atoms in total. The number of esters is 1. The van der Waals surface area contributed by atoms with Gasteiger partial charge in [0, 0.05) is 11.3 Å². The SMILES string of the molecule is COC(=O)c1c(-c2cccc3ccccc23)nc(=S)[nH]c1C. The molecule has 0 fully saturated rings. The van der Waals surface area contributed by atoms with Crippen LogP contribution in [0.1, 0.15) is 16.1 Å². The van der Waals surface area contributed by atoms with Crippen molar-refractivity contribution in [2.75, 3.05) is 7.11 Å². The number of fused-ring (bicyclic) bond motifs is 1. The molecule has 0 aliphatic carbocycles. The van der Waals surface area contributed by atoms with Crippen molar-refractivity contribution in [3.8, 4) is 11.3 Å². The third-order valence-corrected chi connectivity index (χ3v) is 3.75. The summed E-state index contributed by atoms with van der Waals surface area (Å²) < 4.78 is 5.24. The zero-order valence-electron chi connectivity index (χ0n) is 12.2. The van der Waals surface area contributed by atoms with Gasteiger partial charge in [0.2, 0.25) is 0 Å². The molecule has 110 valence electrons. The minimum atomic E-state index is -0.431. The van der Waals surface area contributed by atoms with Crippen molar-refractivity contribution in [1.82, 2.24) is 9.97 Å². The molecule has 5 heteroatoms. The van der Waals surface area contributed by atoms with E-state index >= 15 is 0 Å². The molecule has 0 amide bonds. The van der Waals surface area contributed by atoms with E-state index in [4.69, 9.17) is 17.0 Å². The molecule has 0 saturated carbocycles. The Morgan fingerprint density at radius 1 is 1.18 bits per heavy atom. The van der Waals surface area contributed by atoms with E-state index in [9.17, 15) is 4.79 Å². The summed E-state index contributed by atoms with van der Waals surface area (Å²) in [6, 6.07) is 13.9. The highest BCUT2D eigenvalue weighted by Gasteiger charge is 2.19. The zero-order chi connectivity index (χ0) is 15.7. The molecule has 3 aromatic rings. The van der Waals surface area contributed by atoms with Gasteiger partial charge in [-0.3, -0.25) is 0 Å². The van der Waals surface area contributed by atoms with Crippen LogP contribution in [0.2, 0.25) is 0 Å². The normalized spacial score (nSPS) is 10.6. The number of aryl methyl sites for hydroxylation is 1. The van der Waals surface area contributed by atoms with E-state index in [2.05, 4.69) is 9.97 Å². The Morgan fingerprint density at radius 3 is 2.68 bits per heavy atom. The van der Waals surface area contributed by atoms with Crippen molar-refractivity contribution >= 4 is 29.0 Å². The molecule has 2 aromatic carbocycles. The van der Waals surface area contributed by atoms with E-state index in [0.29, 0.717) is 21.7 Å². The molecular weight excluding hydrogens is 296 g/mol. The molecular formula is C17H14N2O2S. The molecule has 0 unspecified atom stereocenters. The molecule has 1 heterocycles. The number of nitrogens with zero attached hydrogens (tertiary/aromatic N) is 1. The predicted molar refractivity (Wildman–Crippen MR) is 88.4 cm³/mol. The van der Waals surface area contributed by atoms with Crippen molar-refractivity contribution < 1.29 is 9.53 Å². The van der Waals surface area contributed by atoms with Crippen molar-refractivity contribution in [1.29, 1.82) is 0 Å². The summed E-state index contributed by atoms with van der Waals surface area (Å²) in [6.07, 6.45) is 0. The van der Waals surface area contributed by atoms with Crippen LogP contribution in [-0.2, 0) is 4.74 Å². The molecule has 0 bridgehead atoms. The van der Waals surface area contributed by atoms with Gasteiger partial charge >= 0.3 is 5.97 Å². The Hall–Kier alpha value is -2.53. The molecule has 1 N–H and O–H groups in total. The molecule has 0 saturated heterocycles. The Labute approximate surface area is 132 Å². The first kappa shape index (κ1) is 14.4. The van der Waals surface area contributed by atoms with Gasteiger partial charge in [0.15, 0.2) is 4.77 Å². The number of aromatic nitrogens is 2. The van der Waals surface area contributed by atoms with Crippen LogP contribution in [0.15, 0.2) is 42.5 Å². The van der Waals surface area contributed by atoms with E-state index in [1.807, 2.05) is 42.5 Å². The van der Waals surface area contributed by atoms with Gasteiger partial charge in [-0.1, -0.05) is 42.5 Å². The van der Waals surface area contributed by atoms with Gasteiger partial charge in [0.1, 0.15) is 5.56 Å². The summed E-state index contributed by atoms with van der Waals surface area (Å²) in [7, 11) is 1.36. The van der Waals surface area contributed by atoms with E-state index < -0.39 is 5.97 Å². The summed E-state index contributed by atoms with van der Waals surface area (Å²) in [4.78, 5) is 19.5. The van der Waals surface area contributed by atoms with Gasteiger partial charge < -0.3 is 9.72 Å². The molecule has 0 radical (unpaired) electrons.